The summed E-state index contributed by atoms with van der Waals surface area (Å²) in [5.74, 6) is -0.316. The molecule has 0 aliphatic rings. The molecule has 0 saturated carbocycles. The van der Waals surface area contributed by atoms with E-state index in [1.165, 1.54) is 18.3 Å². The van der Waals surface area contributed by atoms with Crippen LogP contribution in [0, 0.1) is 0 Å². The van der Waals surface area contributed by atoms with Crippen LogP contribution in [0.4, 0.5) is 5.69 Å². The summed E-state index contributed by atoms with van der Waals surface area (Å²) in [7, 11) is -3.33. The molecule has 1 heterocycles. The van der Waals surface area contributed by atoms with Crippen LogP contribution in [-0.2, 0) is 14.6 Å². The highest BCUT2D eigenvalue weighted by molar-refractivity contribution is 7.90. The van der Waals surface area contributed by atoms with Crippen LogP contribution < -0.4 is 11.1 Å². The van der Waals surface area contributed by atoms with Gasteiger partial charge in [0.25, 0.3) is 0 Å². The Hall–Kier alpha value is -1.47. The van der Waals surface area contributed by atoms with Crippen molar-refractivity contribution in [1.82, 2.24) is 4.98 Å². The van der Waals surface area contributed by atoms with E-state index >= 15 is 0 Å². The van der Waals surface area contributed by atoms with Gasteiger partial charge in [-0.1, -0.05) is 13.3 Å². The first kappa shape index (κ1) is 15.6. The third-order valence-corrected chi connectivity index (χ3v) is 3.66. The summed E-state index contributed by atoms with van der Waals surface area (Å²) >= 11 is 0. The lowest BCUT2D eigenvalue weighted by Gasteiger charge is -2.22. The van der Waals surface area contributed by atoms with Crippen molar-refractivity contribution >= 4 is 21.4 Å². The second-order valence-electron chi connectivity index (χ2n) is 4.78. The zero-order chi connectivity index (χ0) is 14.7. The van der Waals surface area contributed by atoms with Gasteiger partial charge in [-0.2, -0.15) is 0 Å². The fourth-order valence-corrected chi connectivity index (χ4v) is 2.14. The predicted octanol–water partition coefficient (Wildman–Crippen LogP) is 0.941. The smallest absolute Gasteiger partial charge is 0.244 e. The van der Waals surface area contributed by atoms with Gasteiger partial charge in [-0.15, -0.1) is 0 Å². The Labute approximate surface area is 113 Å². The Kier molecular flexibility index (Phi) is 4.65. The highest BCUT2D eigenvalue weighted by atomic mass is 32.2. The topological polar surface area (TPSA) is 102 Å². The van der Waals surface area contributed by atoms with Crippen molar-refractivity contribution in [2.24, 2.45) is 5.73 Å². The Morgan fingerprint density at radius 2 is 2.11 bits per heavy atom. The normalized spacial score (nSPS) is 14.7. The Balaban J connectivity index is 2.82. The van der Waals surface area contributed by atoms with Gasteiger partial charge in [-0.25, -0.2) is 13.4 Å². The molecule has 1 atom stereocenters. The van der Waals surface area contributed by atoms with E-state index in [0.717, 1.165) is 12.7 Å². The van der Waals surface area contributed by atoms with Crippen molar-refractivity contribution in [3.05, 3.63) is 18.3 Å². The largest absolute Gasteiger partial charge is 0.323 e. The molecule has 1 aromatic rings. The molecule has 1 aromatic heterocycles. The van der Waals surface area contributed by atoms with Crippen LogP contribution in [0.25, 0.3) is 0 Å². The van der Waals surface area contributed by atoms with Crippen LogP contribution in [0.3, 0.4) is 0 Å². The minimum absolute atomic E-state index is 0.0328. The van der Waals surface area contributed by atoms with Crippen molar-refractivity contribution in [3.8, 4) is 0 Å². The number of anilines is 1. The number of amides is 1. The average Bonchev–Trinajstić information content (AvgIpc) is 2.28. The summed E-state index contributed by atoms with van der Waals surface area (Å²) in [6, 6.07) is 2.84. The Morgan fingerprint density at radius 3 is 2.53 bits per heavy atom. The number of nitrogens with zero attached hydrogens (tertiary/aromatic N) is 1. The average molecular weight is 285 g/mol. The highest BCUT2D eigenvalue weighted by Crippen LogP contribution is 2.14. The molecule has 0 spiro atoms. The quantitative estimate of drug-likeness (QED) is 0.838. The molecule has 0 aliphatic heterocycles. The highest BCUT2D eigenvalue weighted by Gasteiger charge is 2.27. The van der Waals surface area contributed by atoms with Gasteiger partial charge in [-0.3, -0.25) is 4.79 Å². The molecule has 19 heavy (non-hydrogen) atoms. The standard InChI is InChI=1S/C12H19N3O3S/c1-4-7-12(2,13)11(16)15-9-5-6-10(14-8-9)19(3,17)18/h5-6,8H,4,7,13H2,1-3H3,(H,15,16). The van der Waals surface area contributed by atoms with Crippen LogP contribution in [0.1, 0.15) is 26.7 Å². The molecule has 0 bridgehead atoms. The first-order valence-electron chi connectivity index (χ1n) is 5.93. The summed E-state index contributed by atoms with van der Waals surface area (Å²) in [4.78, 5) is 15.7. The number of aromatic nitrogens is 1. The van der Waals surface area contributed by atoms with Crippen molar-refractivity contribution in [3.63, 3.8) is 0 Å². The van der Waals surface area contributed by atoms with Gasteiger partial charge >= 0.3 is 0 Å². The van der Waals surface area contributed by atoms with Crippen molar-refractivity contribution < 1.29 is 13.2 Å². The first-order valence-corrected chi connectivity index (χ1v) is 7.82. The molecule has 1 unspecified atom stereocenters. The third kappa shape index (κ3) is 4.29. The molecule has 6 nitrogen and oxygen atoms in total. The molecule has 0 fully saturated rings. The van der Waals surface area contributed by atoms with Crippen LogP contribution in [-0.4, -0.2) is 31.1 Å². The van der Waals surface area contributed by atoms with Crippen LogP contribution in [0.2, 0.25) is 0 Å². The summed E-state index contributed by atoms with van der Waals surface area (Å²) in [6.07, 6.45) is 3.74. The molecule has 0 aromatic carbocycles. The minimum atomic E-state index is -3.33. The zero-order valence-electron chi connectivity index (χ0n) is 11.3. The monoisotopic (exact) mass is 285 g/mol. The summed E-state index contributed by atoms with van der Waals surface area (Å²) in [5, 5.41) is 2.59. The SMILES string of the molecule is CCCC(C)(N)C(=O)Nc1ccc(S(C)(=O)=O)nc1. The molecule has 3 N–H and O–H groups in total. The number of nitrogens with one attached hydrogen (secondary N) is 1. The minimum Gasteiger partial charge on any atom is -0.323 e. The van der Waals surface area contributed by atoms with Gasteiger partial charge in [0, 0.05) is 6.26 Å². The molecule has 1 amide bonds. The molecule has 1 rings (SSSR count). The lowest BCUT2D eigenvalue weighted by Crippen LogP contribution is -2.48. The number of nitrogens with two attached hydrogens (primary N) is 1. The molecular formula is C12H19N3O3S. The molecule has 7 heteroatoms. The molecule has 106 valence electrons. The number of hydrogen-bond acceptors (Lipinski definition) is 5. The van der Waals surface area contributed by atoms with E-state index in [1.54, 1.807) is 6.92 Å². The number of rotatable bonds is 5. The van der Waals surface area contributed by atoms with E-state index in [1.807, 2.05) is 6.92 Å². The molecule has 0 radical (unpaired) electrons. The second-order valence-corrected chi connectivity index (χ2v) is 6.74. The van der Waals surface area contributed by atoms with E-state index in [9.17, 15) is 13.2 Å². The predicted molar refractivity (Wildman–Crippen MR) is 73.5 cm³/mol. The van der Waals surface area contributed by atoms with Gasteiger partial charge in [0.2, 0.25) is 5.91 Å². The molecular weight excluding hydrogens is 266 g/mol. The van der Waals surface area contributed by atoms with Crippen molar-refractivity contribution in [2.45, 2.75) is 37.3 Å². The number of carbonyl (C=O) groups excluding carboxylic acids is 1. The number of sulfone groups is 1. The summed E-state index contributed by atoms with van der Waals surface area (Å²) in [6.45, 7) is 3.60. The number of pyridine rings is 1. The number of hydrogen-bond donors (Lipinski definition) is 2. The second kappa shape index (κ2) is 5.66. The lowest BCUT2D eigenvalue weighted by atomic mass is 9.96. The molecule has 0 aliphatic carbocycles. The van der Waals surface area contributed by atoms with Gasteiger partial charge in [0.05, 0.1) is 17.4 Å². The van der Waals surface area contributed by atoms with E-state index in [2.05, 4.69) is 10.3 Å². The zero-order valence-corrected chi connectivity index (χ0v) is 12.1. The fraction of sp³-hybridized carbons (Fsp3) is 0.500. The van der Waals surface area contributed by atoms with Gasteiger partial charge < -0.3 is 11.1 Å². The Morgan fingerprint density at radius 1 is 1.47 bits per heavy atom. The van der Waals surface area contributed by atoms with Crippen molar-refractivity contribution in [2.75, 3.05) is 11.6 Å². The van der Waals surface area contributed by atoms with Crippen molar-refractivity contribution in [1.29, 1.82) is 0 Å². The Bertz CT molecular complexity index is 550. The number of carbonyl (C=O) groups is 1. The van der Waals surface area contributed by atoms with Crippen LogP contribution in [0.5, 0.6) is 0 Å². The maximum atomic E-state index is 11.9. The van der Waals surface area contributed by atoms with Crippen LogP contribution >= 0.6 is 0 Å². The summed E-state index contributed by atoms with van der Waals surface area (Å²) < 4.78 is 22.5. The van der Waals surface area contributed by atoms with E-state index in [0.29, 0.717) is 12.1 Å². The maximum Gasteiger partial charge on any atom is 0.244 e. The van der Waals surface area contributed by atoms with Gasteiger partial charge in [0.15, 0.2) is 14.9 Å². The van der Waals surface area contributed by atoms with Gasteiger partial charge in [-0.05, 0) is 25.5 Å². The summed E-state index contributed by atoms with van der Waals surface area (Å²) in [5.41, 5.74) is 5.36. The third-order valence-electron chi connectivity index (χ3n) is 2.66. The van der Waals surface area contributed by atoms with E-state index < -0.39 is 15.4 Å². The molecule has 0 saturated heterocycles. The lowest BCUT2D eigenvalue weighted by molar-refractivity contribution is -0.120. The van der Waals surface area contributed by atoms with E-state index in [4.69, 9.17) is 5.73 Å². The van der Waals surface area contributed by atoms with Crippen LogP contribution in [0.15, 0.2) is 23.4 Å². The van der Waals surface area contributed by atoms with Gasteiger partial charge in [0.1, 0.15) is 0 Å². The maximum absolute atomic E-state index is 11.9. The first-order chi connectivity index (χ1) is 8.66. The van der Waals surface area contributed by atoms with E-state index in [-0.39, 0.29) is 10.9 Å². The fourth-order valence-electron chi connectivity index (χ4n) is 1.58.